The largest absolute Gasteiger partial charge is 2.00 e. The Labute approximate surface area is 239 Å². The molecule has 0 amide bonds. The fourth-order valence-corrected chi connectivity index (χ4v) is 3.63. The van der Waals surface area contributed by atoms with E-state index in [9.17, 15) is 24.9 Å². The quantitative estimate of drug-likeness (QED) is 0.277. The third-order valence-corrected chi connectivity index (χ3v) is 5.73. The SMILES string of the molecule is CCCCCCCc1ccc(C(=O)O)cc1O.CCCCCCCc1ccc(C(=O)[O-])cc1[O-].[Ca+2]. The van der Waals surface area contributed by atoms with Crippen molar-refractivity contribution in [1.82, 2.24) is 0 Å². The topological polar surface area (TPSA) is 121 Å². The van der Waals surface area contributed by atoms with Crippen LogP contribution in [-0.2, 0) is 12.8 Å². The average molecular weight is 511 g/mol. The number of hydrogen-bond donors (Lipinski definition) is 2. The minimum absolute atomic E-state index is 0. The maximum Gasteiger partial charge on any atom is 2.00 e. The van der Waals surface area contributed by atoms with Crippen LogP contribution in [-0.4, -0.2) is 59.9 Å². The fourth-order valence-electron chi connectivity index (χ4n) is 3.63. The predicted octanol–water partition coefficient (Wildman–Crippen LogP) is 4.86. The molecular formula is C28H38CaO6. The first-order valence-electron chi connectivity index (χ1n) is 12.4. The van der Waals surface area contributed by atoms with E-state index in [1.165, 1.54) is 50.7 Å². The van der Waals surface area contributed by atoms with Crippen molar-refractivity contribution in [2.45, 2.75) is 90.9 Å². The summed E-state index contributed by atoms with van der Waals surface area (Å²) >= 11 is 0. The minimum atomic E-state index is -1.29. The average Bonchev–Trinajstić information content (AvgIpc) is 2.80. The van der Waals surface area contributed by atoms with Gasteiger partial charge in [0.2, 0.25) is 0 Å². The van der Waals surface area contributed by atoms with Crippen LogP contribution in [0.3, 0.4) is 0 Å². The molecule has 0 aliphatic heterocycles. The normalized spacial score (nSPS) is 10.1. The number of aromatic carboxylic acids is 2. The van der Waals surface area contributed by atoms with Crippen LogP contribution < -0.4 is 10.2 Å². The Hall–Kier alpha value is -1.76. The van der Waals surface area contributed by atoms with Gasteiger partial charge >= 0.3 is 43.7 Å². The Morgan fingerprint density at radius 1 is 0.743 bits per heavy atom. The molecule has 0 spiro atoms. The number of carbonyl (C=O) groups excluding carboxylic acids is 1. The molecule has 0 aliphatic carbocycles. The number of carboxylic acids is 2. The molecule has 35 heavy (non-hydrogen) atoms. The minimum Gasteiger partial charge on any atom is -0.872 e. The number of phenols is 1. The molecule has 2 aromatic carbocycles. The van der Waals surface area contributed by atoms with Gasteiger partial charge in [-0.25, -0.2) is 4.79 Å². The number of carboxylic acid groups (broad SMARTS) is 2. The van der Waals surface area contributed by atoms with Gasteiger partial charge in [0.15, 0.2) is 0 Å². The van der Waals surface area contributed by atoms with Crippen LogP contribution in [0.2, 0.25) is 0 Å². The van der Waals surface area contributed by atoms with Crippen LogP contribution in [0, 0.1) is 0 Å². The number of benzene rings is 2. The van der Waals surface area contributed by atoms with E-state index in [0.717, 1.165) is 50.2 Å². The summed E-state index contributed by atoms with van der Waals surface area (Å²) in [6, 6.07) is 8.77. The molecule has 0 bridgehead atoms. The molecule has 188 valence electrons. The number of aromatic hydroxyl groups is 1. The van der Waals surface area contributed by atoms with Crippen molar-refractivity contribution in [3.8, 4) is 11.5 Å². The molecular weight excluding hydrogens is 472 g/mol. The summed E-state index contributed by atoms with van der Waals surface area (Å²) in [4.78, 5) is 21.2. The number of hydrogen-bond acceptors (Lipinski definition) is 5. The number of carbonyl (C=O) groups is 2. The Balaban J connectivity index is 0.000000642. The first kappa shape index (κ1) is 33.2. The van der Waals surface area contributed by atoms with Gasteiger partial charge < -0.3 is 25.2 Å². The van der Waals surface area contributed by atoms with Gasteiger partial charge in [-0.15, -0.1) is 5.75 Å². The molecule has 0 radical (unpaired) electrons. The zero-order valence-corrected chi connectivity index (χ0v) is 23.4. The zero-order valence-electron chi connectivity index (χ0n) is 21.2. The Bertz CT molecular complexity index is 824. The van der Waals surface area contributed by atoms with Crippen molar-refractivity contribution in [1.29, 1.82) is 0 Å². The van der Waals surface area contributed by atoms with Crippen LogP contribution in [0.15, 0.2) is 36.4 Å². The standard InChI is InChI=1S/2C14H20O3.Ca/c2*1-2-3-4-5-6-7-11-8-9-12(14(16)17)10-13(11)15;/h2*8-10,15H,2-7H2,1H3,(H,16,17);/q;;+2/p-2. The van der Waals surface area contributed by atoms with Crippen LogP contribution >= 0.6 is 0 Å². The van der Waals surface area contributed by atoms with E-state index in [2.05, 4.69) is 13.8 Å². The summed E-state index contributed by atoms with van der Waals surface area (Å²) in [6.45, 7) is 4.34. The van der Waals surface area contributed by atoms with Crippen molar-refractivity contribution in [2.24, 2.45) is 0 Å². The van der Waals surface area contributed by atoms with Crippen LogP contribution in [0.4, 0.5) is 0 Å². The van der Waals surface area contributed by atoms with E-state index < -0.39 is 11.9 Å². The second-order valence-electron chi connectivity index (χ2n) is 8.59. The molecule has 7 heteroatoms. The second-order valence-corrected chi connectivity index (χ2v) is 8.59. The van der Waals surface area contributed by atoms with Crippen LogP contribution in [0.5, 0.6) is 11.5 Å². The zero-order chi connectivity index (χ0) is 25.3. The Morgan fingerprint density at radius 2 is 1.23 bits per heavy atom. The molecule has 0 aliphatic rings. The number of rotatable bonds is 14. The van der Waals surface area contributed by atoms with E-state index in [1.54, 1.807) is 18.2 Å². The Morgan fingerprint density at radius 3 is 1.69 bits per heavy atom. The third-order valence-electron chi connectivity index (χ3n) is 5.73. The smallest absolute Gasteiger partial charge is 0.872 e. The number of aryl methyl sites for hydroxylation is 2. The summed E-state index contributed by atoms with van der Waals surface area (Å²) in [7, 11) is 0. The van der Waals surface area contributed by atoms with E-state index in [4.69, 9.17) is 5.11 Å². The molecule has 2 aromatic rings. The first-order valence-corrected chi connectivity index (χ1v) is 12.4. The third kappa shape index (κ3) is 13.8. The molecule has 6 nitrogen and oxygen atoms in total. The molecule has 0 fully saturated rings. The molecule has 2 N–H and O–H groups in total. The van der Waals surface area contributed by atoms with Crippen LogP contribution in [0.1, 0.15) is 110 Å². The van der Waals surface area contributed by atoms with Gasteiger partial charge in [-0.1, -0.05) is 95.0 Å². The van der Waals surface area contributed by atoms with Crippen molar-refractivity contribution in [2.75, 3.05) is 0 Å². The van der Waals surface area contributed by atoms with Gasteiger partial charge in [0.1, 0.15) is 5.75 Å². The maximum absolute atomic E-state index is 11.6. The number of phenolic OH excluding ortho intramolecular Hbond substituents is 1. The molecule has 0 aromatic heterocycles. The second kappa shape index (κ2) is 19.4. The first-order chi connectivity index (χ1) is 16.3. The fraction of sp³-hybridized carbons (Fsp3) is 0.500. The van der Waals surface area contributed by atoms with Gasteiger partial charge in [0.25, 0.3) is 0 Å². The molecule has 0 unspecified atom stereocenters. The molecule has 0 atom stereocenters. The monoisotopic (exact) mass is 510 g/mol. The van der Waals surface area contributed by atoms with E-state index in [1.807, 2.05) is 0 Å². The summed E-state index contributed by atoms with van der Waals surface area (Å²) in [5.41, 5.74) is 1.64. The summed E-state index contributed by atoms with van der Waals surface area (Å²) in [6.07, 6.45) is 13.2. The molecule has 0 saturated carbocycles. The van der Waals surface area contributed by atoms with E-state index >= 15 is 0 Å². The van der Waals surface area contributed by atoms with Gasteiger partial charge in [-0.2, -0.15) is 0 Å². The van der Waals surface area contributed by atoms with Crippen LogP contribution in [0.25, 0.3) is 0 Å². The van der Waals surface area contributed by atoms with Gasteiger partial charge in [-0.05, 0) is 48.9 Å². The maximum atomic E-state index is 11.6. The van der Waals surface area contributed by atoms with E-state index in [0.29, 0.717) is 5.56 Å². The number of unbranched alkanes of at least 4 members (excludes halogenated alkanes) is 8. The van der Waals surface area contributed by atoms with Crippen molar-refractivity contribution in [3.63, 3.8) is 0 Å². The Kier molecular flexibility index (Phi) is 18.5. The predicted molar refractivity (Wildman–Crippen MR) is 136 cm³/mol. The summed E-state index contributed by atoms with van der Waals surface area (Å²) in [5.74, 6) is -2.39. The molecule has 0 heterocycles. The summed E-state index contributed by atoms with van der Waals surface area (Å²) in [5, 5.41) is 40.6. The van der Waals surface area contributed by atoms with Crippen molar-refractivity contribution < 1.29 is 30.0 Å². The van der Waals surface area contributed by atoms with Crippen molar-refractivity contribution in [3.05, 3.63) is 58.7 Å². The van der Waals surface area contributed by atoms with Crippen molar-refractivity contribution >= 4 is 49.7 Å². The van der Waals surface area contributed by atoms with Gasteiger partial charge in [0.05, 0.1) is 11.5 Å². The molecule has 2 rings (SSSR count). The van der Waals surface area contributed by atoms with E-state index in [-0.39, 0.29) is 60.4 Å². The summed E-state index contributed by atoms with van der Waals surface area (Å²) < 4.78 is 0. The van der Waals surface area contributed by atoms with Gasteiger partial charge in [0, 0.05) is 0 Å². The molecule has 0 saturated heterocycles. The van der Waals surface area contributed by atoms with Gasteiger partial charge in [-0.3, -0.25) is 0 Å².